The zero-order valence-electron chi connectivity index (χ0n) is 16.4. The van der Waals surface area contributed by atoms with Crippen molar-refractivity contribution in [1.82, 2.24) is 0 Å². The maximum absolute atomic E-state index is 12.0. The maximum Gasteiger partial charge on any atom is 0.265 e. The zero-order valence-corrected chi connectivity index (χ0v) is 16.4. The highest BCUT2D eigenvalue weighted by Crippen LogP contribution is 2.29. The molecule has 28 heavy (non-hydrogen) atoms. The largest absolute Gasteiger partial charge is 0.497 e. The van der Waals surface area contributed by atoms with Gasteiger partial charge in [0.15, 0.2) is 18.1 Å². The molecule has 1 amide bonds. The molecule has 0 aliphatic heterocycles. The van der Waals surface area contributed by atoms with E-state index in [4.69, 9.17) is 23.8 Å². The Hall–Kier alpha value is -3.42. The molecule has 0 fully saturated rings. The molecule has 1 N–H and O–H groups in total. The van der Waals surface area contributed by atoms with Crippen molar-refractivity contribution in [3.05, 3.63) is 42.0 Å². The van der Waals surface area contributed by atoms with Gasteiger partial charge < -0.3 is 29.1 Å². The Morgan fingerprint density at radius 2 is 1.79 bits per heavy atom. The Labute approximate surface area is 164 Å². The minimum Gasteiger partial charge on any atom is -0.497 e. The van der Waals surface area contributed by atoms with Crippen molar-refractivity contribution >= 4 is 17.8 Å². The minimum atomic E-state index is -0.370. The Morgan fingerprint density at radius 1 is 1.00 bits per heavy atom. The summed E-state index contributed by atoms with van der Waals surface area (Å²) >= 11 is 0. The first kappa shape index (κ1) is 20.9. The molecule has 150 valence electrons. The van der Waals surface area contributed by atoms with Gasteiger partial charge in [0.25, 0.3) is 5.91 Å². The van der Waals surface area contributed by atoms with Crippen LogP contribution in [-0.2, 0) is 9.63 Å². The molecule has 0 saturated heterocycles. The van der Waals surface area contributed by atoms with E-state index in [-0.39, 0.29) is 12.5 Å². The van der Waals surface area contributed by atoms with Gasteiger partial charge in [-0.25, -0.2) is 0 Å². The third-order valence-corrected chi connectivity index (χ3v) is 3.64. The van der Waals surface area contributed by atoms with Crippen LogP contribution >= 0.6 is 0 Å². The molecule has 0 aliphatic carbocycles. The molecule has 0 atom stereocenters. The van der Waals surface area contributed by atoms with Crippen molar-refractivity contribution in [3.63, 3.8) is 0 Å². The van der Waals surface area contributed by atoms with E-state index in [0.717, 1.165) is 5.56 Å². The van der Waals surface area contributed by atoms with E-state index >= 15 is 0 Å². The van der Waals surface area contributed by atoms with Crippen molar-refractivity contribution < 1.29 is 28.6 Å². The van der Waals surface area contributed by atoms with Crippen LogP contribution in [0.3, 0.4) is 0 Å². The molecule has 0 radical (unpaired) electrons. The predicted octanol–water partition coefficient (Wildman–Crippen LogP) is 3.10. The second-order valence-electron chi connectivity index (χ2n) is 5.47. The van der Waals surface area contributed by atoms with Crippen LogP contribution in [0, 0.1) is 0 Å². The Balaban J connectivity index is 1.90. The van der Waals surface area contributed by atoms with Crippen molar-refractivity contribution in [2.24, 2.45) is 5.16 Å². The predicted molar refractivity (Wildman–Crippen MR) is 106 cm³/mol. The number of nitrogens with one attached hydrogen (secondary N) is 1. The number of methoxy groups -OCH3 is 3. The fourth-order valence-electron chi connectivity index (χ4n) is 2.32. The van der Waals surface area contributed by atoms with Crippen LogP contribution in [0.25, 0.3) is 0 Å². The summed E-state index contributed by atoms with van der Waals surface area (Å²) in [6.07, 6.45) is 1.49. The second-order valence-corrected chi connectivity index (χ2v) is 5.47. The van der Waals surface area contributed by atoms with Crippen LogP contribution in [0.4, 0.5) is 5.69 Å². The van der Waals surface area contributed by atoms with E-state index in [2.05, 4.69) is 10.5 Å². The van der Waals surface area contributed by atoms with Gasteiger partial charge in [-0.1, -0.05) is 5.16 Å². The molecule has 0 unspecified atom stereocenters. The molecule has 0 saturated carbocycles. The molecule has 2 rings (SSSR count). The minimum absolute atomic E-state index is 0.250. The van der Waals surface area contributed by atoms with Crippen LogP contribution in [-0.4, -0.2) is 46.7 Å². The Kier molecular flexibility index (Phi) is 7.95. The summed E-state index contributed by atoms with van der Waals surface area (Å²) in [4.78, 5) is 17.1. The molecule has 0 spiro atoms. The van der Waals surface area contributed by atoms with Gasteiger partial charge in [-0.15, -0.1) is 0 Å². The zero-order chi connectivity index (χ0) is 20.4. The molecule has 2 aromatic carbocycles. The molecule has 2 aromatic rings. The summed E-state index contributed by atoms with van der Waals surface area (Å²) < 4.78 is 21.1. The number of carbonyl (C=O) groups excluding carboxylic acids is 1. The second kappa shape index (κ2) is 10.7. The van der Waals surface area contributed by atoms with Crippen molar-refractivity contribution in [1.29, 1.82) is 0 Å². The quantitative estimate of drug-likeness (QED) is 0.497. The van der Waals surface area contributed by atoms with E-state index in [9.17, 15) is 4.79 Å². The van der Waals surface area contributed by atoms with Gasteiger partial charge in [0.2, 0.25) is 0 Å². The lowest BCUT2D eigenvalue weighted by atomic mass is 10.2. The highest BCUT2D eigenvalue weighted by atomic mass is 16.6. The summed E-state index contributed by atoms with van der Waals surface area (Å²) in [5, 5.41) is 6.51. The highest BCUT2D eigenvalue weighted by Gasteiger charge is 2.09. The third-order valence-electron chi connectivity index (χ3n) is 3.64. The summed E-state index contributed by atoms with van der Waals surface area (Å²) in [6, 6.07) is 10.4. The van der Waals surface area contributed by atoms with Crippen LogP contribution < -0.4 is 24.3 Å². The van der Waals surface area contributed by atoms with E-state index < -0.39 is 0 Å². The Morgan fingerprint density at radius 3 is 2.46 bits per heavy atom. The summed E-state index contributed by atoms with van der Waals surface area (Å²) in [5.74, 6) is 1.98. The smallest absolute Gasteiger partial charge is 0.265 e. The number of hydrogen-bond donors (Lipinski definition) is 1. The van der Waals surface area contributed by atoms with Gasteiger partial charge in [0.1, 0.15) is 11.5 Å². The van der Waals surface area contributed by atoms with Gasteiger partial charge in [-0.05, 0) is 37.3 Å². The van der Waals surface area contributed by atoms with E-state index in [0.29, 0.717) is 35.3 Å². The van der Waals surface area contributed by atoms with Gasteiger partial charge >= 0.3 is 0 Å². The topological polar surface area (TPSA) is 87.6 Å². The molecule has 0 bridgehead atoms. The number of hydrogen-bond acceptors (Lipinski definition) is 7. The average molecular weight is 388 g/mol. The molecule has 0 aliphatic rings. The molecule has 8 heteroatoms. The van der Waals surface area contributed by atoms with Crippen LogP contribution in [0.5, 0.6) is 23.0 Å². The maximum atomic E-state index is 12.0. The molecule has 0 heterocycles. The van der Waals surface area contributed by atoms with Gasteiger partial charge in [-0.3, -0.25) is 4.79 Å². The fourth-order valence-corrected chi connectivity index (χ4v) is 2.32. The highest BCUT2D eigenvalue weighted by molar-refractivity contribution is 5.93. The first-order chi connectivity index (χ1) is 13.6. The SMILES string of the molecule is CCOc1ccc(/C=N\OCC(=O)Nc2ccc(OC)cc2OC)cc1OC. The molecular weight excluding hydrogens is 364 g/mol. The molecular formula is C20H24N2O6. The number of oxime groups is 1. The summed E-state index contributed by atoms with van der Waals surface area (Å²) in [7, 11) is 4.63. The summed E-state index contributed by atoms with van der Waals surface area (Å²) in [6.45, 7) is 2.19. The number of benzene rings is 2. The molecule has 0 aromatic heterocycles. The van der Waals surface area contributed by atoms with E-state index in [1.165, 1.54) is 13.3 Å². The number of anilines is 1. The summed E-state index contributed by atoms with van der Waals surface area (Å²) in [5.41, 5.74) is 1.26. The lowest BCUT2D eigenvalue weighted by Gasteiger charge is -2.11. The van der Waals surface area contributed by atoms with Gasteiger partial charge in [-0.2, -0.15) is 0 Å². The number of carbonyl (C=O) groups is 1. The standard InChI is InChI=1S/C20H24N2O6/c1-5-27-17-9-6-14(10-19(17)26-4)12-21-28-13-20(23)22-16-8-7-15(24-2)11-18(16)25-3/h6-12H,5,13H2,1-4H3,(H,22,23)/b21-12-. The fraction of sp³-hybridized carbons (Fsp3) is 0.300. The first-order valence-corrected chi connectivity index (χ1v) is 8.59. The number of amides is 1. The molecule has 8 nitrogen and oxygen atoms in total. The van der Waals surface area contributed by atoms with Crippen LogP contribution in [0.1, 0.15) is 12.5 Å². The van der Waals surface area contributed by atoms with E-state index in [1.807, 2.05) is 13.0 Å². The lowest BCUT2D eigenvalue weighted by molar-refractivity contribution is -0.120. The monoisotopic (exact) mass is 388 g/mol. The van der Waals surface area contributed by atoms with Crippen molar-refractivity contribution in [2.75, 3.05) is 39.9 Å². The number of nitrogens with zero attached hydrogens (tertiary/aromatic N) is 1. The van der Waals surface area contributed by atoms with Gasteiger partial charge in [0, 0.05) is 11.6 Å². The average Bonchev–Trinajstić information content (AvgIpc) is 2.72. The van der Waals surface area contributed by atoms with Crippen molar-refractivity contribution in [2.45, 2.75) is 6.92 Å². The number of ether oxygens (including phenoxy) is 4. The van der Waals surface area contributed by atoms with Crippen molar-refractivity contribution in [3.8, 4) is 23.0 Å². The van der Waals surface area contributed by atoms with Crippen LogP contribution in [0.15, 0.2) is 41.6 Å². The lowest BCUT2D eigenvalue weighted by Crippen LogP contribution is -2.17. The number of rotatable bonds is 10. The van der Waals surface area contributed by atoms with E-state index in [1.54, 1.807) is 44.6 Å². The van der Waals surface area contributed by atoms with Crippen LogP contribution in [0.2, 0.25) is 0 Å². The first-order valence-electron chi connectivity index (χ1n) is 8.59. The Bertz CT molecular complexity index is 822. The normalized spacial score (nSPS) is 10.4. The third kappa shape index (κ3) is 5.80. The van der Waals surface area contributed by atoms with Gasteiger partial charge in [0.05, 0.1) is 39.8 Å².